The molecule has 17 heavy (non-hydrogen) atoms. The van der Waals surface area contributed by atoms with Gasteiger partial charge in [-0.2, -0.15) is 0 Å². The molecule has 0 saturated carbocycles. The summed E-state index contributed by atoms with van der Waals surface area (Å²) in [6.07, 6.45) is 0.941. The van der Waals surface area contributed by atoms with Crippen molar-refractivity contribution in [1.29, 1.82) is 0 Å². The molecule has 0 amide bonds. The Bertz CT molecular complexity index is 167. The molecule has 0 aromatic heterocycles. The lowest BCUT2D eigenvalue weighted by Gasteiger charge is -2.29. The predicted octanol–water partition coefficient (Wildman–Crippen LogP) is 1.62. The van der Waals surface area contributed by atoms with E-state index in [2.05, 4.69) is 0 Å². The number of nitrogens with two attached hydrogens (primary N) is 1. The van der Waals surface area contributed by atoms with Crippen LogP contribution in [0.15, 0.2) is 0 Å². The fraction of sp³-hybridized carbons (Fsp3) is 1.00. The number of hydrogen-bond donors (Lipinski definition) is 1. The summed E-state index contributed by atoms with van der Waals surface area (Å²) < 4.78 is 17.3. The number of rotatable bonds is 11. The molecule has 0 rings (SSSR count). The van der Waals surface area contributed by atoms with Crippen molar-refractivity contribution in [3.63, 3.8) is 0 Å². The minimum atomic E-state index is -2.46. The Morgan fingerprint density at radius 2 is 1.41 bits per heavy atom. The largest absolute Gasteiger partial charge is 0.500 e. The van der Waals surface area contributed by atoms with Crippen LogP contribution >= 0.6 is 0 Å². The summed E-state index contributed by atoms with van der Waals surface area (Å²) in [5.41, 5.74) is 0. The zero-order valence-corrected chi connectivity index (χ0v) is 12.7. The van der Waals surface area contributed by atoms with Crippen LogP contribution in [0.3, 0.4) is 0 Å². The van der Waals surface area contributed by atoms with Gasteiger partial charge in [0.2, 0.25) is 0 Å². The number of hydrazine groups is 1. The first-order chi connectivity index (χ1) is 8.14. The average Bonchev–Trinajstić information content (AvgIpc) is 2.30. The Kier molecular flexibility index (Phi) is 10.00. The molecular weight excluding hydrogens is 236 g/mol. The van der Waals surface area contributed by atoms with Crippen molar-refractivity contribution in [2.45, 2.75) is 40.2 Å². The lowest BCUT2D eigenvalue weighted by molar-refractivity contribution is 0.0699. The maximum absolute atomic E-state index is 5.76. The van der Waals surface area contributed by atoms with E-state index in [1.807, 2.05) is 27.7 Å². The summed E-state index contributed by atoms with van der Waals surface area (Å²) in [5.74, 6) is 5.75. The van der Waals surface area contributed by atoms with Crippen LogP contribution in [-0.4, -0.2) is 46.7 Å². The third-order valence-corrected chi connectivity index (χ3v) is 5.58. The summed E-state index contributed by atoms with van der Waals surface area (Å²) in [7, 11) is -2.46. The monoisotopic (exact) mass is 264 g/mol. The molecule has 0 aliphatic rings. The van der Waals surface area contributed by atoms with Crippen molar-refractivity contribution in [2.24, 2.45) is 5.84 Å². The van der Waals surface area contributed by atoms with Gasteiger partial charge in [0.25, 0.3) is 0 Å². The van der Waals surface area contributed by atoms with E-state index in [9.17, 15) is 0 Å². The van der Waals surface area contributed by atoms with Crippen LogP contribution in [0.25, 0.3) is 0 Å². The minimum absolute atomic E-state index is 0.631. The van der Waals surface area contributed by atoms with Crippen LogP contribution in [0, 0.1) is 0 Å². The Morgan fingerprint density at radius 3 is 1.76 bits per heavy atom. The number of hydrogen-bond acceptors (Lipinski definition) is 5. The van der Waals surface area contributed by atoms with E-state index in [1.165, 1.54) is 0 Å². The molecule has 0 unspecified atom stereocenters. The molecule has 0 saturated heterocycles. The molecule has 0 heterocycles. The molecule has 2 N–H and O–H groups in total. The molecule has 0 aromatic rings. The first kappa shape index (κ1) is 17.0. The van der Waals surface area contributed by atoms with Crippen molar-refractivity contribution in [3.05, 3.63) is 0 Å². The smallest absolute Gasteiger partial charge is 0.374 e. The maximum Gasteiger partial charge on any atom is 0.500 e. The highest BCUT2D eigenvalue weighted by Gasteiger charge is 2.39. The summed E-state index contributed by atoms with van der Waals surface area (Å²) in [4.78, 5) is 0. The Hall–Kier alpha value is 0.0169. The van der Waals surface area contributed by atoms with Crippen molar-refractivity contribution < 1.29 is 13.3 Å². The van der Waals surface area contributed by atoms with Gasteiger partial charge in [0.1, 0.15) is 0 Å². The fourth-order valence-electron chi connectivity index (χ4n) is 1.66. The summed E-state index contributed by atoms with van der Waals surface area (Å²) in [6, 6.07) is 0.830. The topological polar surface area (TPSA) is 57.0 Å². The van der Waals surface area contributed by atoms with E-state index in [0.717, 1.165) is 25.6 Å². The van der Waals surface area contributed by atoms with Gasteiger partial charge in [-0.3, -0.25) is 5.84 Å². The van der Waals surface area contributed by atoms with Crippen LogP contribution < -0.4 is 5.84 Å². The Balaban J connectivity index is 4.23. The second kappa shape index (κ2) is 9.99. The zero-order chi connectivity index (χ0) is 13.1. The predicted molar refractivity (Wildman–Crippen MR) is 71.5 cm³/mol. The summed E-state index contributed by atoms with van der Waals surface area (Å²) >= 11 is 0. The van der Waals surface area contributed by atoms with Gasteiger partial charge in [-0.1, -0.05) is 6.92 Å². The van der Waals surface area contributed by atoms with Crippen molar-refractivity contribution in [2.75, 3.05) is 32.9 Å². The molecular formula is C11H28N2O3Si. The fourth-order valence-corrected chi connectivity index (χ4v) is 4.25. The quantitative estimate of drug-likeness (QED) is 0.349. The van der Waals surface area contributed by atoms with Gasteiger partial charge in [-0.15, -0.1) is 0 Å². The van der Waals surface area contributed by atoms with Crippen LogP contribution in [-0.2, 0) is 13.3 Å². The van der Waals surface area contributed by atoms with Gasteiger partial charge in [0, 0.05) is 39.0 Å². The van der Waals surface area contributed by atoms with E-state index in [1.54, 1.807) is 5.01 Å². The molecule has 0 radical (unpaired) electrons. The summed E-state index contributed by atoms with van der Waals surface area (Å²) in [5, 5.41) is 1.79. The van der Waals surface area contributed by atoms with Crippen LogP contribution in [0.4, 0.5) is 0 Å². The normalized spacial score (nSPS) is 12.4. The van der Waals surface area contributed by atoms with Gasteiger partial charge in [-0.05, 0) is 27.2 Å². The molecule has 5 nitrogen and oxygen atoms in total. The molecule has 0 atom stereocenters. The Labute approximate surface area is 107 Å². The molecule has 0 bridgehead atoms. The SMILES string of the molecule is CCO[Si](CCCN(N)CC)(OCC)OCC. The van der Waals surface area contributed by atoms with Crippen molar-refractivity contribution >= 4 is 8.80 Å². The van der Waals surface area contributed by atoms with Crippen LogP contribution in [0.1, 0.15) is 34.1 Å². The first-order valence-corrected chi connectivity index (χ1v) is 8.48. The highest BCUT2D eigenvalue weighted by atomic mass is 28.4. The lowest BCUT2D eigenvalue weighted by Crippen LogP contribution is -2.46. The second-order valence-electron chi connectivity index (χ2n) is 3.71. The molecule has 0 fully saturated rings. The van der Waals surface area contributed by atoms with Gasteiger partial charge < -0.3 is 13.3 Å². The maximum atomic E-state index is 5.76. The molecule has 6 heteroatoms. The molecule has 0 aliphatic carbocycles. The third-order valence-electron chi connectivity index (χ3n) is 2.43. The third kappa shape index (κ3) is 7.12. The highest BCUT2D eigenvalue weighted by Crippen LogP contribution is 2.18. The van der Waals surface area contributed by atoms with E-state index in [4.69, 9.17) is 19.1 Å². The average molecular weight is 264 g/mol. The van der Waals surface area contributed by atoms with Gasteiger partial charge in [-0.25, -0.2) is 5.01 Å². The first-order valence-electron chi connectivity index (χ1n) is 6.55. The van der Waals surface area contributed by atoms with E-state index in [-0.39, 0.29) is 0 Å². The molecule has 0 aliphatic heterocycles. The van der Waals surface area contributed by atoms with Crippen molar-refractivity contribution in [1.82, 2.24) is 5.01 Å². The van der Waals surface area contributed by atoms with Crippen LogP contribution in [0.2, 0.25) is 6.04 Å². The van der Waals surface area contributed by atoms with E-state index in [0.29, 0.717) is 19.8 Å². The summed E-state index contributed by atoms with van der Waals surface area (Å²) in [6.45, 7) is 11.6. The minimum Gasteiger partial charge on any atom is -0.374 e. The standard InChI is InChI=1S/C11H28N2O3Si/c1-5-13(12)10-9-11-17(14-6-2,15-7-3)16-8-4/h5-12H2,1-4H3. The molecule has 0 spiro atoms. The van der Waals surface area contributed by atoms with Crippen molar-refractivity contribution in [3.8, 4) is 0 Å². The molecule has 104 valence electrons. The van der Waals surface area contributed by atoms with Crippen LogP contribution in [0.5, 0.6) is 0 Å². The van der Waals surface area contributed by atoms with E-state index >= 15 is 0 Å². The lowest BCUT2D eigenvalue weighted by atomic mass is 10.4. The molecule has 0 aromatic carbocycles. The van der Waals surface area contributed by atoms with E-state index < -0.39 is 8.80 Å². The second-order valence-corrected chi connectivity index (χ2v) is 6.45. The Morgan fingerprint density at radius 1 is 0.941 bits per heavy atom. The van der Waals surface area contributed by atoms with Gasteiger partial charge in [0.15, 0.2) is 0 Å². The van der Waals surface area contributed by atoms with Gasteiger partial charge >= 0.3 is 8.80 Å². The zero-order valence-electron chi connectivity index (χ0n) is 11.7. The number of nitrogens with zero attached hydrogens (tertiary/aromatic N) is 1. The highest BCUT2D eigenvalue weighted by molar-refractivity contribution is 6.60. The van der Waals surface area contributed by atoms with Gasteiger partial charge in [0.05, 0.1) is 0 Å².